The molecule has 1 heterocycles. The Morgan fingerprint density at radius 3 is 2.52 bits per heavy atom. The van der Waals surface area contributed by atoms with Gasteiger partial charge in [0, 0.05) is 42.0 Å². The molecule has 3 rings (SSSR count). The second-order valence-corrected chi connectivity index (χ2v) is 6.39. The van der Waals surface area contributed by atoms with Crippen molar-refractivity contribution in [3.05, 3.63) is 59.2 Å². The molecule has 0 bridgehead atoms. The van der Waals surface area contributed by atoms with Crippen LogP contribution in [-0.4, -0.2) is 30.8 Å². The molecule has 2 aromatic rings. The summed E-state index contributed by atoms with van der Waals surface area (Å²) < 4.78 is 0. The highest BCUT2D eigenvalue weighted by molar-refractivity contribution is 6.06. The molecule has 140 valence electrons. The average Bonchev–Trinajstić information content (AvgIpc) is 3.11. The van der Waals surface area contributed by atoms with Crippen molar-refractivity contribution < 1.29 is 14.4 Å². The van der Waals surface area contributed by atoms with Crippen LogP contribution in [0.3, 0.4) is 0 Å². The number of rotatable bonds is 5. The SMILES string of the molecule is CCNC(=O)c1cccc(NC(=O)c2ccc3c(c2)CCN3C(=O)CC)c1. The molecule has 0 atom stereocenters. The van der Waals surface area contributed by atoms with Gasteiger partial charge >= 0.3 is 0 Å². The summed E-state index contributed by atoms with van der Waals surface area (Å²) >= 11 is 0. The zero-order valence-electron chi connectivity index (χ0n) is 15.5. The quantitative estimate of drug-likeness (QED) is 0.855. The van der Waals surface area contributed by atoms with Gasteiger partial charge in [-0.05, 0) is 55.3 Å². The Hall–Kier alpha value is -3.15. The lowest BCUT2D eigenvalue weighted by Gasteiger charge is -2.16. The topological polar surface area (TPSA) is 78.5 Å². The van der Waals surface area contributed by atoms with Crippen molar-refractivity contribution in [2.75, 3.05) is 23.3 Å². The summed E-state index contributed by atoms with van der Waals surface area (Å²) in [5, 5.41) is 5.57. The van der Waals surface area contributed by atoms with E-state index in [4.69, 9.17) is 0 Å². The molecule has 0 spiro atoms. The van der Waals surface area contributed by atoms with Crippen LogP contribution in [0, 0.1) is 0 Å². The molecule has 0 aromatic heterocycles. The maximum absolute atomic E-state index is 12.6. The summed E-state index contributed by atoms with van der Waals surface area (Å²) in [7, 11) is 0. The molecule has 0 aliphatic carbocycles. The number of nitrogens with one attached hydrogen (secondary N) is 2. The Morgan fingerprint density at radius 1 is 1.00 bits per heavy atom. The lowest BCUT2D eigenvalue weighted by molar-refractivity contribution is -0.118. The second-order valence-electron chi connectivity index (χ2n) is 6.39. The molecule has 3 amide bonds. The van der Waals surface area contributed by atoms with Gasteiger partial charge in [-0.3, -0.25) is 14.4 Å². The van der Waals surface area contributed by atoms with Crippen molar-refractivity contribution in [2.24, 2.45) is 0 Å². The van der Waals surface area contributed by atoms with Crippen molar-refractivity contribution in [1.82, 2.24) is 5.32 Å². The molecule has 0 unspecified atom stereocenters. The van der Waals surface area contributed by atoms with E-state index in [0.29, 0.717) is 36.3 Å². The van der Waals surface area contributed by atoms with Crippen LogP contribution in [0.2, 0.25) is 0 Å². The first-order valence-corrected chi connectivity index (χ1v) is 9.16. The molecule has 0 fully saturated rings. The van der Waals surface area contributed by atoms with Crippen LogP contribution in [0.5, 0.6) is 0 Å². The highest BCUT2D eigenvalue weighted by atomic mass is 16.2. The molecule has 6 nitrogen and oxygen atoms in total. The van der Waals surface area contributed by atoms with Crippen LogP contribution >= 0.6 is 0 Å². The zero-order chi connectivity index (χ0) is 19.4. The van der Waals surface area contributed by atoms with Crippen LogP contribution in [0.15, 0.2) is 42.5 Å². The Labute approximate surface area is 158 Å². The predicted molar refractivity (Wildman–Crippen MR) is 105 cm³/mol. The molecule has 27 heavy (non-hydrogen) atoms. The molecular formula is C21H23N3O3. The molecule has 1 aliphatic heterocycles. The third kappa shape index (κ3) is 4.00. The standard InChI is InChI=1S/C21H23N3O3/c1-3-19(25)24-11-10-14-12-16(8-9-18(14)24)21(27)23-17-7-5-6-15(13-17)20(26)22-4-2/h5-9,12-13H,3-4,10-11H2,1-2H3,(H,22,26)(H,23,27). The Kier molecular flexibility index (Phi) is 5.54. The van der Waals surface area contributed by atoms with E-state index in [9.17, 15) is 14.4 Å². The van der Waals surface area contributed by atoms with E-state index in [1.165, 1.54) is 0 Å². The number of benzene rings is 2. The molecule has 1 aliphatic rings. The average molecular weight is 365 g/mol. The third-order valence-electron chi connectivity index (χ3n) is 4.56. The van der Waals surface area contributed by atoms with Crippen LogP contribution in [-0.2, 0) is 11.2 Å². The van der Waals surface area contributed by atoms with E-state index < -0.39 is 0 Å². The molecule has 2 N–H and O–H groups in total. The van der Waals surface area contributed by atoms with E-state index in [-0.39, 0.29) is 17.7 Å². The Bertz CT molecular complexity index is 892. The minimum atomic E-state index is -0.244. The van der Waals surface area contributed by atoms with Crippen molar-refractivity contribution in [1.29, 1.82) is 0 Å². The van der Waals surface area contributed by atoms with Gasteiger partial charge in [-0.2, -0.15) is 0 Å². The molecular weight excluding hydrogens is 342 g/mol. The van der Waals surface area contributed by atoms with E-state index in [0.717, 1.165) is 17.7 Å². The first-order valence-electron chi connectivity index (χ1n) is 9.16. The van der Waals surface area contributed by atoms with Crippen molar-refractivity contribution in [3.8, 4) is 0 Å². The highest BCUT2D eigenvalue weighted by Crippen LogP contribution is 2.29. The van der Waals surface area contributed by atoms with Gasteiger partial charge in [0.25, 0.3) is 11.8 Å². The summed E-state index contributed by atoms with van der Waals surface area (Å²) in [5.74, 6) is -0.328. The maximum Gasteiger partial charge on any atom is 0.255 e. The van der Waals surface area contributed by atoms with Gasteiger partial charge in [-0.25, -0.2) is 0 Å². The number of hydrogen-bond donors (Lipinski definition) is 2. The fourth-order valence-electron chi connectivity index (χ4n) is 3.20. The number of hydrogen-bond acceptors (Lipinski definition) is 3. The Balaban J connectivity index is 1.75. The maximum atomic E-state index is 12.6. The largest absolute Gasteiger partial charge is 0.352 e. The van der Waals surface area contributed by atoms with Gasteiger partial charge in [0.05, 0.1) is 0 Å². The smallest absolute Gasteiger partial charge is 0.255 e. The van der Waals surface area contributed by atoms with E-state index >= 15 is 0 Å². The van der Waals surface area contributed by atoms with Crippen molar-refractivity contribution in [3.63, 3.8) is 0 Å². The van der Waals surface area contributed by atoms with Gasteiger partial charge in [0.2, 0.25) is 5.91 Å². The summed E-state index contributed by atoms with van der Waals surface area (Å²) in [6, 6.07) is 12.2. The lowest BCUT2D eigenvalue weighted by Crippen LogP contribution is -2.27. The fourth-order valence-corrected chi connectivity index (χ4v) is 3.20. The second kappa shape index (κ2) is 8.03. The van der Waals surface area contributed by atoms with E-state index in [1.54, 1.807) is 35.2 Å². The minimum Gasteiger partial charge on any atom is -0.352 e. The number of carbonyl (C=O) groups is 3. The normalized spacial score (nSPS) is 12.4. The van der Waals surface area contributed by atoms with E-state index in [1.807, 2.05) is 26.0 Å². The summed E-state index contributed by atoms with van der Waals surface area (Å²) in [6.45, 7) is 4.90. The minimum absolute atomic E-state index is 0.0909. The number of amides is 3. The number of fused-ring (bicyclic) bond motifs is 1. The summed E-state index contributed by atoms with van der Waals surface area (Å²) in [4.78, 5) is 38.3. The molecule has 0 saturated heterocycles. The summed E-state index contributed by atoms with van der Waals surface area (Å²) in [6.07, 6.45) is 1.21. The van der Waals surface area contributed by atoms with Gasteiger partial charge in [-0.1, -0.05) is 13.0 Å². The van der Waals surface area contributed by atoms with Crippen LogP contribution in [0.4, 0.5) is 11.4 Å². The zero-order valence-corrected chi connectivity index (χ0v) is 15.5. The van der Waals surface area contributed by atoms with Gasteiger partial charge in [-0.15, -0.1) is 0 Å². The van der Waals surface area contributed by atoms with Crippen LogP contribution < -0.4 is 15.5 Å². The number of nitrogens with zero attached hydrogens (tertiary/aromatic N) is 1. The number of carbonyl (C=O) groups excluding carboxylic acids is 3. The molecule has 0 radical (unpaired) electrons. The molecule has 0 saturated carbocycles. The predicted octanol–water partition coefficient (Wildman–Crippen LogP) is 2.99. The van der Waals surface area contributed by atoms with Gasteiger partial charge in [0.1, 0.15) is 0 Å². The van der Waals surface area contributed by atoms with Gasteiger partial charge < -0.3 is 15.5 Å². The highest BCUT2D eigenvalue weighted by Gasteiger charge is 2.24. The van der Waals surface area contributed by atoms with Crippen LogP contribution in [0.25, 0.3) is 0 Å². The summed E-state index contributed by atoms with van der Waals surface area (Å²) in [5.41, 5.74) is 3.48. The Morgan fingerprint density at radius 2 is 1.78 bits per heavy atom. The van der Waals surface area contributed by atoms with Crippen molar-refractivity contribution in [2.45, 2.75) is 26.7 Å². The monoisotopic (exact) mass is 365 g/mol. The van der Waals surface area contributed by atoms with Crippen molar-refractivity contribution >= 4 is 29.1 Å². The fraction of sp³-hybridized carbons (Fsp3) is 0.286. The molecule has 6 heteroatoms. The third-order valence-corrected chi connectivity index (χ3v) is 4.56. The first kappa shape index (κ1) is 18.6. The first-order chi connectivity index (χ1) is 13.0. The lowest BCUT2D eigenvalue weighted by atomic mass is 10.1. The van der Waals surface area contributed by atoms with E-state index in [2.05, 4.69) is 10.6 Å². The molecule has 2 aromatic carbocycles. The van der Waals surface area contributed by atoms with Crippen LogP contribution in [0.1, 0.15) is 46.5 Å². The van der Waals surface area contributed by atoms with Gasteiger partial charge in [0.15, 0.2) is 0 Å². The number of anilines is 2.